The zero-order chi connectivity index (χ0) is 22.5. The van der Waals surface area contributed by atoms with Gasteiger partial charge in [-0.15, -0.1) is 0 Å². The minimum atomic E-state index is -0.546. The Kier molecular flexibility index (Phi) is 7.48. The average Bonchev–Trinajstić information content (AvgIpc) is 3.17. The molecule has 9 nitrogen and oxygen atoms in total. The molecule has 0 radical (unpaired) electrons. The molecule has 0 bridgehead atoms. The quantitative estimate of drug-likeness (QED) is 0.656. The van der Waals surface area contributed by atoms with E-state index in [1.54, 1.807) is 27.0 Å². The summed E-state index contributed by atoms with van der Waals surface area (Å²) in [5.74, 6) is 1.20. The number of anilines is 1. The van der Waals surface area contributed by atoms with Crippen molar-refractivity contribution >= 4 is 29.2 Å². The molecule has 3 heterocycles. The Balaban J connectivity index is 1.54. The maximum Gasteiger partial charge on any atom is 0.272 e. The summed E-state index contributed by atoms with van der Waals surface area (Å²) < 4.78 is 0. The van der Waals surface area contributed by atoms with E-state index in [0.29, 0.717) is 41.5 Å². The topological polar surface area (TPSA) is 121 Å². The number of nitrogen functional groups attached to an aromatic ring is 1. The molecule has 31 heavy (non-hydrogen) atoms. The first-order valence-electron chi connectivity index (χ1n) is 10.6. The molecule has 2 aromatic rings. The summed E-state index contributed by atoms with van der Waals surface area (Å²) in [5, 5.41) is 6.88. The molecule has 3 N–H and O–H groups in total. The van der Waals surface area contributed by atoms with Crippen LogP contribution in [-0.4, -0.2) is 68.0 Å². The molecule has 0 saturated carbocycles. The summed E-state index contributed by atoms with van der Waals surface area (Å²) in [6.45, 7) is 4.90. The number of aromatic nitrogens is 4. The Morgan fingerprint density at radius 1 is 1.35 bits per heavy atom. The van der Waals surface area contributed by atoms with Crippen LogP contribution in [0.4, 0.5) is 5.82 Å². The summed E-state index contributed by atoms with van der Waals surface area (Å²) in [6.07, 6.45) is 6.03. The molecule has 1 saturated heterocycles. The first-order chi connectivity index (χ1) is 14.8. The van der Waals surface area contributed by atoms with Crippen LogP contribution in [0.5, 0.6) is 0 Å². The van der Waals surface area contributed by atoms with E-state index in [0.717, 1.165) is 37.7 Å². The van der Waals surface area contributed by atoms with Gasteiger partial charge in [-0.1, -0.05) is 11.6 Å². The fourth-order valence-corrected chi connectivity index (χ4v) is 4.32. The number of carbonyl (C=O) groups is 2. The highest BCUT2D eigenvalue weighted by Gasteiger charge is 2.29. The van der Waals surface area contributed by atoms with Gasteiger partial charge < -0.3 is 15.5 Å². The van der Waals surface area contributed by atoms with Gasteiger partial charge in [0.25, 0.3) is 5.91 Å². The maximum atomic E-state index is 13.0. The van der Waals surface area contributed by atoms with Gasteiger partial charge in [-0.25, -0.2) is 9.97 Å². The lowest BCUT2D eigenvalue weighted by Crippen LogP contribution is -2.48. The number of nitrogens with two attached hydrogens (primary N) is 1. The second-order valence-electron chi connectivity index (χ2n) is 8.15. The van der Waals surface area contributed by atoms with E-state index in [1.807, 2.05) is 4.90 Å². The zero-order valence-electron chi connectivity index (χ0n) is 18.3. The molecule has 3 rings (SSSR count). The smallest absolute Gasteiger partial charge is 0.272 e. The number of carbonyl (C=O) groups excluding carboxylic acids is 2. The van der Waals surface area contributed by atoms with Crippen molar-refractivity contribution in [1.82, 2.24) is 30.0 Å². The zero-order valence-corrected chi connectivity index (χ0v) is 19.0. The lowest BCUT2D eigenvalue weighted by atomic mass is 9.93. The standard InChI is InChI=1S/C21H30ClN7O2/c1-13(28(3)21(31)17-8-10-24-27-17)20(30)29-11-4-5-15(9-12-29)6-7-16-18(22)25-14(2)26-19(16)23/h8,10,13,15H,4-7,9,11-12H2,1-3H3,(H,24,27)(H2,23,25,26)/t13-,15+/m0/s1. The molecule has 0 spiro atoms. The summed E-state index contributed by atoms with van der Waals surface area (Å²) >= 11 is 6.25. The molecule has 1 fully saturated rings. The fourth-order valence-electron chi connectivity index (χ4n) is 4.01. The molecule has 2 aromatic heterocycles. The minimum Gasteiger partial charge on any atom is -0.383 e. The molecule has 168 valence electrons. The number of aromatic amines is 1. The summed E-state index contributed by atoms with van der Waals surface area (Å²) in [7, 11) is 1.64. The van der Waals surface area contributed by atoms with Crippen LogP contribution in [-0.2, 0) is 11.2 Å². The lowest BCUT2D eigenvalue weighted by Gasteiger charge is -2.29. The second kappa shape index (κ2) is 10.1. The number of hydrogen-bond acceptors (Lipinski definition) is 6. The number of nitrogens with zero attached hydrogens (tertiary/aromatic N) is 5. The third-order valence-electron chi connectivity index (χ3n) is 6.05. The highest BCUT2D eigenvalue weighted by atomic mass is 35.5. The fraction of sp³-hybridized carbons (Fsp3) is 0.571. The number of rotatable bonds is 6. The van der Waals surface area contributed by atoms with Gasteiger partial charge in [0.05, 0.1) is 0 Å². The predicted molar refractivity (Wildman–Crippen MR) is 119 cm³/mol. The molecule has 0 aliphatic carbocycles. The van der Waals surface area contributed by atoms with Crippen molar-refractivity contribution in [3.05, 3.63) is 34.5 Å². The van der Waals surface area contributed by atoms with Crippen molar-refractivity contribution in [2.45, 2.75) is 52.0 Å². The number of H-pyrrole nitrogens is 1. The molecule has 1 aliphatic rings. The van der Waals surface area contributed by atoms with Gasteiger partial charge in [0.2, 0.25) is 5.91 Å². The predicted octanol–water partition coefficient (Wildman–Crippen LogP) is 2.47. The van der Waals surface area contributed by atoms with Crippen LogP contribution in [0.1, 0.15) is 54.5 Å². The van der Waals surface area contributed by atoms with Gasteiger partial charge in [-0.3, -0.25) is 14.7 Å². The third kappa shape index (κ3) is 5.52. The number of amides is 2. The van der Waals surface area contributed by atoms with Crippen LogP contribution in [0.25, 0.3) is 0 Å². The normalized spacial score (nSPS) is 17.8. The number of aryl methyl sites for hydroxylation is 1. The van der Waals surface area contributed by atoms with Gasteiger partial charge in [0.1, 0.15) is 28.5 Å². The van der Waals surface area contributed by atoms with Gasteiger partial charge in [0, 0.05) is 31.9 Å². The number of likely N-dealkylation sites (tertiary alicyclic amines) is 1. The van der Waals surface area contributed by atoms with Crippen molar-refractivity contribution in [3.8, 4) is 0 Å². The van der Waals surface area contributed by atoms with Crippen LogP contribution in [0, 0.1) is 12.8 Å². The van der Waals surface area contributed by atoms with E-state index in [4.69, 9.17) is 17.3 Å². The first-order valence-corrected chi connectivity index (χ1v) is 11.0. The van der Waals surface area contributed by atoms with Crippen molar-refractivity contribution in [3.63, 3.8) is 0 Å². The average molecular weight is 448 g/mol. The van der Waals surface area contributed by atoms with Crippen molar-refractivity contribution in [1.29, 1.82) is 0 Å². The van der Waals surface area contributed by atoms with E-state index >= 15 is 0 Å². The molecular weight excluding hydrogens is 418 g/mol. The van der Waals surface area contributed by atoms with E-state index in [9.17, 15) is 9.59 Å². The molecular formula is C21H30ClN7O2. The first kappa shape index (κ1) is 23.0. The van der Waals surface area contributed by atoms with Gasteiger partial charge in [-0.2, -0.15) is 5.10 Å². The number of nitrogens with one attached hydrogen (secondary N) is 1. The number of hydrogen-bond donors (Lipinski definition) is 2. The highest BCUT2D eigenvalue weighted by Crippen LogP contribution is 2.27. The Hall–Kier alpha value is -2.68. The van der Waals surface area contributed by atoms with E-state index in [1.165, 1.54) is 11.1 Å². The number of halogens is 1. The molecule has 2 amide bonds. The van der Waals surface area contributed by atoms with Crippen molar-refractivity contribution in [2.75, 3.05) is 25.9 Å². The molecule has 10 heteroatoms. The molecule has 2 atom stereocenters. The van der Waals surface area contributed by atoms with E-state index < -0.39 is 6.04 Å². The van der Waals surface area contributed by atoms with Crippen LogP contribution >= 0.6 is 11.6 Å². The van der Waals surface area contributed by atoms with Crippen molar-refractivity contribution in [2.24, 2.45) is 5.92 Å². The Morgan fingerprint density at radius 2 is 2.13 bits per heavy atom. The largest absolute Gasteiger partial charge is 0.383 e. The minimum absolute atomic E-state index is 0.0322. The molecule has 0 unspecified atom stereocenters. The number of likely N-dealkylation sites (N-methyl/N-ethyl adjacent to an activating group) is 1. The summed E-state index contributed by atoms with van der Waals surface area (Å²) in [5.41, 5.74) is 7.20. The summed E-state index contributed by atoms with van der Waals surface area (Å²) in [6, 6.07) is 1.06. The van der Waals surface area contributed by atoms with Crippen LogP contribution in [0.2, 0.25) is 5.15 Å². The van der Waals surface area contributed by atoms with Gasteiger partial charge in [-0.05, 0) is 57.9 Å². The monoisotopic (exact) mass is 447 g/mol. The highest BCUT2D eigenvalue weighted by molar-refractivity contribution is 6.30. The Bertz CT molecular complexity index is 895. The molecule has 1 aliphatic heterocycles. The SMILES string of the molecule is Cc1nc(N)c(CC[C@H]2CCCN(C(=O)[C@H](C)N(C)C(=O)c3ccn[nH]3)CC2)c(Cl)n1. The molecule has 0 aromatic carbocycles. The maximum absolute atomic E-state index is 13.0. The third-order valence-corrected chi connectivity index (χ3v) is 6.36. The lowest BCUT2D eigenvalue weighted by molar-refractivity contribution is -0.135. The van der Waals surface area contributed by atoms with Gasteiger partial charge in [0.15, 0.2) is 0 Å². The Morgan fingerprint density at radius 3 is 2.81 bits per heavy atom. The van der Waals surface area contributed by atoms with Crippen LogP contribution in [0.3, 0.4) is 0 Å². The van der Waals surface area contributed by atoms with E-state index in [2.05, 4.69) is 20.2 Å². The Labute approximate surface area is 187 Å². The summed E-state index contributed by atoms with van der Waals surface area (Å²) in [4.78, 5) is 37.3. The van der Waals surface area contributed by atoms with Crippen molar-refractivity contribution < 1.29 is 9.59 Å². The van der Waals surface area contributed by atoms with Crippen LogP contribution < -0.4 is 5.73 Å². The van der Waals surface area contributed by atoms with Gasteiger partial charge >= 0.3 is 0 Å². The second-order valence-corrected chi connectivity index (χ2v) is 8.51. The van der Waals surface area contributed by atoms with Crippen LogP contribution in [0.15, 0.2) is 12.3 Å². The van der Waals surface area contributed by atoms with E-state index in [-0.39, 0.29) is 11.8 Å².